The van der Waals surface area contributed by atoms with Crippen molar-refractivity contribution < 1.29 is 29.0 Å². The molecule has 1 aliphatic heterocycles. The number of aliphatic hydroxyl groups is 1. The summed E-state index contributed by atoms with van der Waals surface area (Å²) in [6.07, 6.45) is 1.67. The number of rotatable bonds is 7. The van der Waals surface area contributed by atoms with Crippen molar-refractivity contribution in [2.75, 3.05) is 20.8 Å². The summed E-state index contributed by atoms with van der Waals surface area (Å²) in [4.78, 5) is 27.6. The fourth-order valence-electron chi connectivity index (χ4n) is 2.82. The number of carbonyl (C=O) groups is 1. The molecule has 0 spiro atoms. The van der Waals surface area contributed by atoms with Crippen LogP contribution in [0.2, 0.25) is 0 Å². The first-order valence-electron chi connectivity index (χ1n) is 9.43. The number of thioether (sulfide) groups is 1. The van der Waals surface area contributed by atoms with Crippen molar-refractivity contribution in [1.29, 1.82) is 0 Å². The lowest BCUT2D eigenvalue weighted by Crippen LogP contribution is -2.12. The van der Waals surface area contributed by atoms with Crippen LogP contribution in [-0.2, 0) is 9.53 Å². The van der Waals surface area contributed by atoms with Gasteiger partial charge in [-0.05, 0) is 42.8 Å². The minimum atomic E-state index is -0.718. The normalized spacial score (nSPS) is 15.8. The molecule has 0 aromatic heterocycles. The summed E-state index contributed by atoms with van der Waals surface area (Å²) in [5.74, 6) is 0.141. The van der Waals surface area contributed by atoms with Gasteiger partial charge in [-0.25, -0.2) is 9.79 Å². The van der Waals surface area contributed by atoms with Crippen LogP contribution in [0.25, 0.3) is 6.08 Å². The Morgan fingerprint density at radius 3 is 2.31 bits per heavy atom. The van der Waals surface area contributed by atoms with Crippen molar-refractivity contribution in [3.05, 3.63) is 74.4 Å². The van der Waals surface area contributed by atoms with E-state index >= 15 is 0 Å². The third kappa shape index (κ3) is 5.09. The van der Waals surface area contributed by atoms with Crippen molar-refractivity contribution in [3.8, 4) is 11.5 Å². The zero-order chi connectivity index (χ0) is 23.3. The number of carbonyl (C=O) groups excluding carboxylic acids is 1. The Bertz CT molecular complexity index is 1120. The van der Waals surface area contributed by atoms with Crippen LogP contribution in [-0.4, -0.2) is 41.9 Å². The van der Waals surface area contributed by atoms with Crippen LogP contribution < -0.4 is 9.47 Å². The second-order valence-electron chi connectivity index (χ2n) is 6.39. The molecule has 166 valence electrons. The van der Waals surface area contributed by atoms with E-state index in [4.69, 9.17) is 14.2 Å². The van der Waals surface area contributed by atoms with E-state index in [1.807, 2.05) is 0 Å². The van der Waals surface area contributed by atoms with E-state index in [0.717, 1.165) is 11.8 Å². The number of nitro benzene ring substituents is 1. The zero-order valence-corrected chi connectivity index (χ0v) is 18.3. The molecule has 0 saturated heterocycles. The van der Waals surface area contributed by atoms with Crippen molar-refractivity contribution in [2.45, 2.75) is 6.92 Å². The Morgan fingerprint density at radius 2 is 1.78 bits per heavy atom. The fourth-order valence-corrected chi connectivity index (χ4v) is 3.86. The molecule has 0 amide bonds. The molecule has 0 unspecified atom stereocenters. The second kappa shape index (κ2) is 10.0. The largest absolute Gasteiger partial charge is 0.506 e. The Labute approximate surface area is 188 Å². The van der Waals surface area contributed by atoms with Gasteiger partial charge in [-0.3, -0.25) is 10.1 Å². The number of esters is 1. The van der Waals surface area contributed by atoms with Gasteiger partial charge in [0.15, 0.2) is 0 Å². The molecule has 0 radical (unpaired) electrons. The van der Waals surface area contributed by atoms with Gasteiger partial charge in [0, 0.05) is 18.2 Å². The molecule has 0 atom stereocenters. The van der Waals surface area contributed by atoms with Crippen molar-refractivity contribution in [1.82, 2.24) is 0 Å². The smallest absolute Gasteiger partial charge is 0.344 e. The highest BCUT2D eigenvalue weighted by molar-refractivity contribution is 8.18. The molecule has 10 heteroatoms. The Kier molecular flexibility index (Phi) is 7.16. The highest BCUT2D eigenvalue weighted by Crippen LogP contribution is 2.41. The highest BCUT2D eigenvalue weighted by Gasteiger charge is 2.33. The zero-order valence-electron chi connectivity index (χ0n) is 17.5. The topological polar surface area (TPSA) is 120 Å². The van der Waals surface area contributed by atoms with E-state index < -0.39 is 10.9 Å². The van der Waals surface area contributed by atoms with Gasteiger partial charge in [0.2, 0.25) is 0 Å². The molecule has 2 aromatic carbocycles. The molecular formula is C22H20N2O7S. The SMILES string of the molecule is CCOC(=O)C1=C(O)C(=Cc2cc(OC)cc(OC)c2)SC1=Nc1ccc([N+](=O)[O-])cc1. The van der Waals surface area contributed by atoms with E-state index in [9.17, 15) is 20.0 Å². The van der Waals surface area contributed by atoms with Crippen LogP contribution in [0.4, 0.5) is 11.4 Å². The van der Waals surface area contributed by atoms with Crippen molar-refractivity contribution >= 4 is 40.2 Å². The van der Waals surface area contributed by atoms with Gasteiger partial charge in [-0.2, -0.15) is 0 Å². The maximum Gasteiger partial charge on any atom is 0.344 e. The predicted octanol–water partition coefficient (Wildman–Crippen LogP) is 4.81. The first-order chi connectivity index (χ1) is 15.4. The standard InChI is InChI=1S/C22H20N2O7S/c1-4-31-22(26)19-20(25)18(11-13-9-16(29-2)12-17(10-13)30-3)32-21(19)23-14-5-7-15(8-6-14)24(27)28/h5-12,25H,4H2,1-3H3. The monoisotopic (exact) mass is 456 g/mol. The number of non-ortho nitro benzene ring substituents is 1. The lowest BCUT2D eigenvalue weighted by atomic mass is 10.1. The van der Waals surface area contributed by atoms with Gasteiger partial charge in [0.1, 0.15) is 27.9 Å². The molecule has 0 fully saturated rings. The lowest BCUT2D eigenvalue weighted by molar-refractivity contribution is -0.384. The molecule has 3 rings (SSSR count). The molecule has 32 heavy (non-hydrogen) atoms. The molecule has 1 N–H and O–H groups in total. The average molecular weight is 456 g/mol. The van der Waals surface area contributed by atoms with Crippen molar-refractivity contribution in [3.63, 3.8) is 0 Å². The maximum atomic E-state index is 12.5. The molecule has 2 aromatic rings. The number of ether oxygens (including phenoxy) is 3. The first kappa shape index (κ1) is 22.9. The summed E-state index contributed by atoms with van der Waals surface area (Å²) in [5, 5.41) is 21.9. The van der Waals surface area contributed by atoms with E-state index in [-0.39, 0.29) is 28.7 Å². The van der Waals surface area contributed by atoms with E-state index in [1.54, 1.807) is 31.2 Å². The fraction of sp³-hybridized carbons (Fsp3) is 0.182. The molecular weight excluding hydrogens is 436 g/mol. The van der Waals surface area contributed by atoms with Gasteiger partial charge in [0.25, 0.3) is 5.69 Å². The number of aliphatic hydroxyl groups excluding tert-OH is 1. The third-order valence-corrected chi connectivity index (χ3v) is 5.35. The molecule has 0 aliphatic carbocycles. The Morgan fingerprint density at radius 1 is 1.16 bits per heavy atom. The second-order valence-corrected chi connectivity index (χ2v) is 7.42. The van der Waals surface area contributed by atoms with Gasteiger partial charge >= 0.3 is 5.97 Å². The van der Waals surface area contributed by atoms with Crippen LogP contribution in [0.15, 0.2) is 63.7 Å². The predicted molar refractivity (Wildman–Crippen MR) is 122 cm³/mol. The van der Waals surface area contributed by atoms with E-state index in [1.165, 1.54) is 38.5 Å². The van der Waals surface area contributed by atoms with E-state index in [2.05, 4.69) is 4.99 Å². The van der Waals surface area contributed by atoms with Crippen LogP contribution in [0.5, 0.6) is 11.5 Å². The van der Waals surface area contributed by atoms with Crippen LogP contribution >= 0.6 is 11.8 Å². The molecule has 1 heterocycles. The number of nitro groups is 1. The van der Waals surface area contributed by atoms with Crippen LogP contribution in [0, 0.1) is 10.1 Å². The number of hydrogen-bond acceptors (Lipinski definition) is 9. The average Bonchev–Trinajstić information content (AvgIpc) is 3.08. The Hall–Kier alpha value is -3.79. The summed E-state index contributed by atoms with van der Waals surface area (Å²) in [6.45, 7) is 1.78. The minimum Gasteiger partial charge on any atom is -0.506 e. The minimum absolute atomic E-state index is 0.0729. The Balaban J connectivity index is 2.04. The summed E-state index contributed by atoms with van der Waals surface area (Å²) in [6, 6.07) is 10.8. The lowest BCUT2D eigenvalue weighted by Gasteiger charge is -2.06. The number of hydrogen-bond donors (Lipinski definition) is 1. The third-order valence-electron chi connectivity index (χ3n) is 4.33. The number of nitrogens with zero attached hydrogens (tertiary/aromatic N) is 2. The summed E-state index contributed by atoms with van der Waals surface area (Å²) >= 11 is 1.08. The first-order valence-corrected chi connectivity index (χ1v) is 10.2. The van der Waals surface area contributed by atoms with Crippen LogP contribution in [0.3, 0.4) is 0 Å². The molecule has 9 nitrogen and oxygen atoms in total. The van der Waals surface area contributed by atoms with Gasteiger partial charge in [0.05, 0.1) is 36.3 Å². The number of aliphatic imine (C=N–C) groups is 1. The van der Waals surface area contributed by atoms with Gasteiger partial charge < -0.3 is 19.3 Å². The summed E-state index contributed by atoms with van der Waals surface area (Å²) in [7, 11) is 3.06. The van der Waals surface area contributed by atoms with E-state index in [0.29, 0.717) is 27.7 Å². The highest BCUT2D eigenvalue weighted by atomic mass is 32.2. The van der Waals surface area contributed by atoms with Crippen LogP contribution in [0.1, 0.15) is 12.5 Å². The summed E-state index contributed by atoms with van der Waals surface area (Å²) in [5.41, 5.74) is 0.910. The summed E-state index contributed by atoms with van der Waals surface area (Å²) < 4.78 is 15.6. The maximum absolute atomic E-state index is 12.5. The molecule has 0 bridgehead atoms. The number of benzene rings is 2. The molecule has 1 aliphatic rings. The number of methoxy groups -OCH3 is 2. The molecule has 0 saturated carbocycles. The van der Waals surface area contributed by atoms with Gasteiger partial charge in [-0.15, -0.1) is 0 Å². The van der Waals surface area contributed by atoms with Gasteiger partial charge in [-0.1, -0.05) is 11.8 Å². The quantitative estimate of drug-likeness (QED) is 0.358. The van der Waals surface area contributed by atoms with Crippen molar-refractivity contribution in [2.24, 2.45) is 4.99 Å².